The molecule has 0 aliphatic carbocycles. The lowest BCUT2D eigenvalue weighted by Crippen LogP contribution is -2.42. The van der Waals surface area contributed by atoms with E-state index in [1.807, 2.05) is 6.92 Å². The number of anilines is 1. The minimum absolute atomic E-state index is 0.00624. The van der Waals surface area contributed by atoms with Crippen molar-refractivity contribution in [3.05, 3.63) is 24.3 Å². The van der Waals surface area contributed by atoms with Gasteiger partial charge in [-0.15, -0.1) is 0 Å². The van der Waals surface area contributed by atoms with Crippen molar-refractivity contribution in [3.63, 3.8) is 0 Å². The predicted molar refractivity (Wildman–Crippen MR) is 77.1 cm³/mol. The molecule has 1 fully saturated rings. The summed E-state index contributed by atoms with van der Waals surface area (Å²) >= 11 is 0.499. The van der Waals surface area contributed by atoms with Gasteiger partial charge in [-0.2, -0.15) is 8.78 Å². The highest BCUT2D eigenvalue weighted by atomic mass is 32.2. The summed E-state index contributed by atoms with van der Waals surface area (Å²) in [5, 5.41) is 6.10. The quantitative estimate of drug-likeness (QED) is 0.838. The number of piperidine rings is 1. The van der Waals surface area contributed by atoms with Crippen LogP contribution in [0.1, 0.15) is 19.8 Å². The van der Waals surface area contributed by atoms with Gasteiger partial charge < -0.3 is 10.6 Å². The molecule has 1 amide bonds. The summed E-state index contributed by atoms with van der Waals surface area (Å²) in [6, 6.07) is 6.51. The molecule has 0 bridgehead atoms. The molecule has 1 aliphatic rings. The molecule has 0 saturated carbocycles. The maximum Gasteiger partial charge on any atom is 0.288 e. The third kappa shape index (κ3) is 3.93. The number of carbonyl (C=O) groups excluding carboxylic acids is 1. The molecule has 1 heterocycles. The number of alkyl halides is 2. The molecule has 6 heteroatoms. The lowest BCUT2D eigenvalue weighted by Gasteiger charge is -2.32. The molecule has 0 radical (unpaired) electrons. The van der Waals surface area contributed by atoms with Crippen LogP contribution in [0.25, 0.3) is 0 Å². The summed E-state index contributed by atoms with van der Waals surface area (Å²) in [4.78, 5) is 12.8. The van der Waals surface area contributed by atoms with Crippen LogP contribution < -0.4 is 10.6 Å². The van der Waals surface area contributed by atoms with E-state index in [1.54, 1.807) is 24.3 Å². The fraction of sp³-hybridized carbons (Fsp3) is 0.500. The van der Waals surface area contributed by atoms with E-state index in [4.69, 9.17) is 0 Å². The molecule has 1 aromatic carbocycles. The van der Waals surface area contributed by atoms with Gasteiger partial charge in [-0.25, -0.2) is 0 Å². The van der Waals surface area contributed by atoms with Gasteiger partial charge in [0, 0.05) is 16.0 Å². The Balaban J connectivity index is 1.97. The van der Waals surface area contributed by atoms with Crippen LogP contribution in [0.3, 0.4) is 0 Å². The standard InChI is InChI=1S/C14H18F2N2OS/c1-14(6-8-17-9-7-14)12(19)18-10-2-4-11(5-3-10)20-13(15)16/h2-5,13,17H,6-9H2,1H3,(H,18,19). The highest BCUT2D eigenvalue weighted by Crippen LogP contribution is 2.30. The van der Waals surface area contributed by atoms with Gasteiger partial charge in [-0.05, 0) is 50.2 Å². The van der Waals surface area contributed by atoms with Crippen LogP contribution in [0.15, 0.2) is 29.2 Å². The van der Waals surface area contributed by atoms with Crippen molar-refractivity contribution in [2.75, 3.05) is 18.4 Å². The second-order valence-corrected chi connectivity index (χ2v) is 6.23. The molecule has 1 saturated heterocycles. The highest BCUT2D eigenvalue weighted by Gasteiger charge is 2.34. The van der Waals surface area contributed by atoms with Crippen LogP contribution in [-0.2, 0) is 4.79 Å². The van der Waals surface area contributed by atoms with Gasteiger partial charge in [-0.1, -0.05) is 18.7 Å². The first-order valence-corrected chi connectivity index (χ1v) is 7.45. The summed E-state index contributed by atoms with van der Waals surface area (Å²) < 4.78 is 24.4. The van der Waals surface area contributed by atoms with Crippen LogP contribution in [0.2, 0.25) is 0 Å². The average molecular weight is 300 g/mol. The van der Waals surface area contributed by atoms with Crippen molar-refractivity contribution in [3.8, 4) is 0 Å². The van der Waals surface area contributed by atoms with Crippen molar-refractivity contribution >= 4 is 23.4 Å². The first-order chi connectivity index (χ1) is 9.49. The van der Waals surface area contributed by atoms with Gasteiger partial charge >= 0.3 is 0 Å². The highest BCUT2D eigenvalue weighted by molar-refractivity contribution is 7.99. The molecule has 0 aromatic heterocycles. The van der Waals surface area contributed by atoms with Crippen LogP contribution >= 0.6 is 11.8 Å². The van der Waals surface area contributed by atoms with Crippen LogP contribution in [0.4, 0.5) is 14.5 Å². The number of benzene rings is 1. The number of hydrogen-bond acceptors (Lipinski definition) is 3. The van der Waals surface area contributed by atoms with Gasteiger partial charge in [0.15, 0.2) is 0 Å². The molecule has 3 nitrogen and oxygen atoms in total. The molecule has 20 heavy (non-hydrogen) atoms. The SMILES string of the molecule is CC1(C(=O)Nc2ccc(SC(F)F)cc2)CCNCC1. The molecular formula is C14H18F2N2OS. The zero-order chi connectivity index (χ0) is 14.6. The molecule has 110 valence electrons. The lowest BCUT2D eigenvalue weighted by atomic mass is 9.80. The fourth-order valence-electron chi connectivity index (χ4n) is 2.21. The van der Waals surface area contributed by atoms with Gasteiger partial charge in [0.25, 0.3) is 5.76 Å². The first kappa shape index (κ1) is 15.3. The van der Waals surface area contributed by atoms with E-state index in [9.17, 15) is 13.6 Å². The first-order valence-electron chi connectivity index (χ1n) is 6.57. The monoisotopic (exact) mass is 300 g/mol. The maximum absolute atomic E-state index is 12.3. The number of hydrogen-bond donors (Lipinski definition) is 2. The number of nitrogens with one attached hydrogen (secondary N) is 2. The van der Waals surface area contributed by atoms with E-state index >= 15 is 0 Å². The molecule has 0 atom stereocenters. The molecule has 1 aromatic rings. The average Bonchev–Trinajstić information content (AvgIpc) is 2.41. The Morgan fingerprint density at radius 1 is 1.30 bits per heavy atom. The van der Waals surface area contributed by atoms with E-state index in [-0.39, 0.29) is 11.3 Å². The molecule has 0 unspecified atom stereocenters. The van der Waals surface area contributed by atoms with Crippen molar-refractivity contribution in [1.29, 1.82) is 0 Å². The smallest absolute Gasteiger partial charge is 0.288 e. The van der Waals surface area contributed by atoms with E-state index in [0.717, 1.165) is 25.9 Å². The summed E-state index contributed by atoms with van der Waals surface area (Å²) in [5.41, 5.74) is 0.287. The van der Waals surface area contributed by atoms with E-state index in [1.165, 1.54) is 0 Å². The van der Waals surface area contributed by atoms with Crippen LogP contribution in [0.5, 0.6) is 0 Å². The van der Waals surface area contributed by atoms with E-state index < -0.39 is 5.76 Å². The lowest BCUT2D eigenvalue weighted by molar-refractivity contribution is -0.126. The largest absolute Gasteiger partial charge is 0.326 e. The van der Waals surface area contributed by atoms with Crippen LogP contribution in [0, 0.1) is 5.41 Å². The Morgan fingerprint density at radius 3 is 2.45 bits per heavy atom. The number of halogens is 2. The second kappa shape index (κ2) is 6.54. The summed E-state index contributed by atoms with van der Waals surface area (Å²) in [6.07, 6.45) is 1.61. The number of carbonyl (C=O) groups is 1. The third-order valence-corrected chi connectivity index (χ3v) is 4.32. The number of amides is 1. The zero-order valence-corrected chi connectivity index (χ0v) is 12.1. The van der Waals surface area contributed by atoms with Gasteiger partial charge in [0.1, 0.15) is 0 Å². The third-order valence-electron chi connectivity index (χ3n) is 3.59. The van der Waals surface area contributed by atoms with Crippen molar-refractivity contribution in [1.82, 2.24) is 5.32 Å². The van der Waals surface area contributed by atoms with Gasteiger partial charge in [0.2, 0.25) is 5.91 Å². The molecule has 2 rings (SSSR count). The summed E-state index contributed by atoms with van der Waals surface area (Å²) in [6.45, 7) is 3.64. The molecule has 2 N–H and O–H groups in total. The minimum atomic E-state index is -2.43. The van der Waals surface area contributed by atoms with Crippen LogP contribution in [-0.4, -0.2) is 24.8 Å². The Labute approximate surface area is 121 Å². The van der Waals surface area contributed by atoms with Crippen molar-refractivity contribution < 1.29 is 13.6 Å². The van der Waals surface area contributed by atoms with E-state index in [2.05, 4.69) is 10.6 Å². The molecular weight excluding hydrogens is 282 g/mol. The van der Waals surface area contributed by atoms with E-state index in [0.29, 0.717) is 22.3 Å². The number of thioether (sulfide) groups is 1. The van der Waals surface area contributed by atoms with Gasteiger partial charge in [0.05, 0.1) is 0 Å². The fourth-order valence-corrected chi connectivity index (χ4v) is 2.71. The Kier molecular flexibility index (Phi) is 4.99. The van der Waals surface area contributed by atoms with Gasteiger partial charge in [-0.3, -0.25) is 4.79 Å². The Hall–Kier alpha value is -1.14. The molecule has 1 aliphatic heterocycles. The normalized spacial score (nSPS) is 18.0. The van der Waals surface area contributed by atoms with Crippen molar-refractivity contribution in [2.24, 2.45) is 5.41 Å². The predicted octanol–water partition coefficient (Wildman–Crippen LogP) is 3.33. The second-order valence-electron chi connectivity index (χ2n) is 5.17. The maximum atomic E-state index is 12.3. The topological polar surface area (TPSA) is 41.1 Å². The Bertz CT molecular complexity index is 459. The summed E-state index contributed by atoms with van der Waals surface area (Å²) in [5.74, 6) is -2.43. The summed E-state index contributed by atoms with van der Waals surface area (Å²) in [7, 11) is 0. The van der Waals surface area contributed by atoms with Crippen molar-refractivity contribution in [2.45, 2.75) is 30.4 Å². The zero-order valence-electron chi connectivity index (χ0n) is 11.3. The Morgan fingerprint density at radius 2 is 1.90 bits per heavy atom. The number of rotatable bonds is 4. The minimum Gasteiger partial charge on any atom is -0.326 e. The molecule has 0 spiro atoms.